The molecule has 106 valence electrons. The average Bonchev–Trinajstić information content (AvgIpc) is 2.39. The molecule has 0 amide bonds. The summed E-state index contributed by atoms with van der Waals surface area (Å²) in [5.74, 6) is 1.64. The minimum atomic E-state index is 0.213. The molecule has 1 aliphatic heterocycles. The van der Waals surface area contributed by atoms with Crippen LogP contribution in [0.5, 0.6) is 0 Å². The summed E-state index contributed by atoms with van der Waals surface area (Å²) in [5, 5.41) is 12.3. The summed E-state index contributed by atoms with van der Waals surface area (Å²) in [6.07, 6.45) is 3.07. The molecule has 0 aliphatic carbocycles. The summed E-state index contributed by atoms with van der Waals surface area (Å²) in [4.78, 5) is 14.8. The lowest BCUT2D eigenvalue weighted by Crippen LogP contribution is -2.37. The summed E-state index contributed by atoms with van der Waals surface area (Å²) in [5.41, 5.74) is 0. The Morgan fingerprint density at radius 2 is 2.26 bits per heavy atom. The molecular weight excluding hydrogens is 266 g/mol. The van der Waals surface area contributed by atoms with Gasteiger partial charge in [0.25, 0.3) is 0 Å². The molecule has 1 saturated heterocycles. The predicted molar refractivity (Wildman–Crippen MR) is 75.6 cm³/mol. The van der Waals surface area contributed by atoms with Gasteiger partial charge >= 0.3 is 0 Å². The molecule has 1 fully saturated rings. The van der Waals surface area contributed by atoms with E-state index in [-0.39, 0.29) is 11.9 Å². The Bertz CT molecular complexity index is 415. The van der Waals surface area contributed by atoms with Gasteiger partial charge in [0.1, 0.15) is 0 Å². The molecule has 0 radical (unpaired) electrons. The van der Waals surface area contributed by atoms with E-state index in [2.05, 4.69) is 25.2 Å². The van der Waals surface area contributed by atoms with Gasteiger partial charge in [0.15, 0.2) is 0 Å². The van der Waals surface area contributed by atoms with Crippen molar-refractivity contribution in [1.82, 2.24) is 15.0 Å². The van der Waals surface area contributed by atoms with Gasteiger partial charge in [-0.25, -0.2) is 0 Å². The molecule has 1 atom stereocenters. The van der Waals surface area contributed by atoms with E-state index >= 15 is 0 Å². The highest BCUT2D eigenvalue weighted by Crippen LogP contribution is 2.23. The van der Waals surface area contributed by atoms with Crippen molar-refractivity contribution in [3.05, 3.63) is 5.28 Å². The Morgan fingerprint density at radius 1 is 1.42 bits per heavy atom. The number of hydrogen-bond donors (Lipinski definition) is 2. The van der Waals surface area contributed by atoms with Gasteiger partial charge < -0.3 is 15.3 Å². The first-order valence-electron chi connectivity index (χ1n) is 6.74. The standard InChI is InChI=1S/C12H20ClN5O/c1-2-14-11-15-10(13)16-12(17-11)18-6-3-4-9(8-18)5-7-19/h9,19H,2-8H2,1H3,(H,14,15,16,17). The predicted octanol–water partition coefficient (Wildman–Crippen LogP) is 1.56. The van der Waals surface area contributed by atoms with Crippen molar-refractivity contribution in [1.29, 1.82) is 0 Å². The van der Waals surface area contributed by atoms with Crippen LogP contribution in [0.4, 0.5) is 11.9 Å². The fourth-order valence-corrected chi connectivity index (χ4v) is 2.54. The Morgan fingerprint density at radius 3 is 3.00 bits per heavy atom. The number of anilines is 2. The van der Waals surface area contributed by atoms with E-state index in [0.29, 0.717) is 17.8 Å². The van der Waals surface area contributed by atoms with Crippen molar-refractivity contribution < 1.29 is 5.11 Å². The summed E-state index contributed by atoms with van der Waals surface area (Å²) >= 11 is 5.93. The van der Waals surface area contributed by atoms with Crippen LogP contribution in [0, 0.1) is 5.92 Å². The van der Waals surface area contributed by atoms with Crippen LogP contribution in [-0.2, 0) is 0 Å². The quantitative estimate of drug-likeness (QED) is 0.855. The molecular formula is C12H20ClN5O. The van der Waals surface area contributed by atoms with Gasteiger partial charge in [0.2, 0.25) is 17.2 Å². The topological polar surface area (TPSA) is 74.2 Å². The molecule has 0 saturated carbocycles. The maximum atomic E-state index is 9.04. The molecule has 0 spiro atoms. The Balaban J connectivity index is 2.11. The number of aliphatic hydroxyl groups excluding tert-OH is 1. The fraction of sp³-hybridized carbons (Fsp3) is 0.750. The largest absolute Gasteiger partial charge is 0.396 e. The lowest BCUT2D eigenvalue weighted by atomic mass is 9.95. The molecule has 1 aliphatic rings. The van der Waals surface area contributed by atoms with Crippen LogP contribution in [0.15, 0.2) is 0 Å². The second-order valence-electron chi connectivity index (χ2n) is 4.72. The van der Waals surface area contributed by atoms with E-state index in [1.54, 1.807) is 0 Å². The molecule has 2 N–H and O–H groups in total. The number of nitrogens with zero attached hydrogens (tertiary/aromatic N) is 4. The van der Waals surface area contributed by atoms with Crippen LogP contribution in [0.3, 0.4) is 0 Å². The number of halogens is 1. The van der Waals surface area contributed by atoms with Gasteiger partial charge in [-0.2, -0.15) is 15.0 Å². The molecule has 1 aromatic heterocycles. The minimum Gasteiger partial charge on any atom is -0.396 e. The fourth-order valence-electron chi connectivity index (χ4n) is 2.38. The molecule has 0 aromatic carbocycles. The first-order chi connectivity index (χ1) is 9.22. The van der Waals surface area contributed by atoms with Crippen LogP contribution in [0.1, 0.15) is 26.2 Å². The Hall–Kier alpha value is -1.14. The van der Waals surface area contributed by atoms with Gasteiger partial charge in [0, 0.05) is 26.2 Å². The van der Waals surface area contributed by atoms with Crippen molar-refractivity contribution in [3.63, 3.8) is 0 Å². The van der Waals surface area contributed by atoms with Crippen molar-refractivity contribution >= 4 is 23.5 Å². The van der Waals surface area contributed by atoms with E-state index in [1.807, 2.05) is 6.92 Å². The first-order valence-corrected chi connectivity index (χ1v) is 7.12. The highest BCUT2D eigenvalue weighted by atomic mass is 35.5. The van der Waals surface area contributed by atoms with Crippen molar-refractivity contribution in [2.45, 2.75) is 26.2 Å². The Kier molecular flexibility index (Phi) is 5.15. The highest BCUT2D eigenvalue weighted by Gasteiger charge is 2.22. The first kappa shape index (κ1) is 14.3. The summed E-state index contributed by atoms with van der Waals surface area (Å²) in [6, 6.07) is 0. The maximum Gasteiger partial charge on any atom is 0.231 e. The van der Waals surface area contributed by atoms with Gasteiger partial charge in [-0.15, -0.1) is 0 Å². The van der Waals surface area contributed by atoms with Gasteiger partial charge in [0.05, 0.1) is 0 Å². The molecule has 1 unspecified atom stereocenters. The number of rotatable bonds is 5. The smallest absolute Gasteiger partial charge is 0.231 e. The van der Waals surface area contributed by atoms with Crippen LogP contribution < -0.4 is 10.2 Å². The summed E-state index contributed by atoms with van der Waals surface area (Å²) in [6.45, 7) is 4.75. The third-order valence-corrected chi connectivity index (χ3v) is 3.44. The Labute approximate surface area is 118 Å². The maximum absolute atomic E-state index is 9.04. The average molecular weight is 286 g/mol. The summed E-state index contributed by atoms with van der Waals surface area (Å²) in [7, 11) is 0. The lowest BCUT2D eigenvalue weighted by Gasteiger charge is -2.32. The van der Waals surface area contributed by atoms with Crippen LogP contribution in [0.2, 0.25) is 5.28 Å². The van der Waals surface area contributed by atoms with Gasteiger partial charge in [-0.05, 0) is 43.7 Å². The van der Waals surface area contributed by atoms with Crippen LogP contribution >= 0.6 is 11.6 Å². The molecule has 2 heterocycles. The third kappa shape index (κ3) is 3.91. The zero-order valence-corrected chi connectivity index (χ0v) is 11.9. The second-order valence-corrected chi connectivity index (χ2v) is 5.06. The number of hydrogen-bond acceptors (Lipinski definition) is 6. The molecule has 2 rings (SSSR count). The number of nitrogens with one attached hydrogen (secondary N) is 1. The molecule has 6 nitrogen and oxygen atoms in total. The zero-order valence-electron chi connectivity index (χ0n) is 11.1. The van der Waals surface area contributed by atoms with Crippen molar-refractivity contribution in [2.24, 2.45) is 5.92 Å². The second kappa shape index (κ2) is 6.86. The van der Waals surface area contributed by atoms with Crippen LogP contribution in [0.25, 0.3) is 0 Å². The monoisotopic (exact) mass is 285 g/mol. The van der Waals surface area contributed by atoms with E-state index in [0.717, 1.165) is 38.9 Å². The normalized spacial score (nSPS) is 19.5. The minimum absolute atomic E-state index is 0.213. The molecule has 19 heavy (non-hydrogen) atoms. The number of aliphatic hydroxyl groups is 1. The third-order valence-electron chi connectivity index (χ3n) is 3.27. The van der Waals surface area contributed by atoms with Crippen molar-refractivity contribution in [3.8, 4) is 0 Å². The summed E-state index contributed by atoms with van der Waals surface area (Å²) < 4.78 is 0. The van der Waals surface area contributed by atoms with E-state index in [4.69, 9.17) is 16.7 Å². The van der Waals surface area contributed by atoms with E-state index in [1.165, 1.54) is 0 Å². The number of piperidine rings is 1. The van der Waals surface area contributed by atoms with Crippen molar-refractivity contribution in [2.75, 3.05) is 36.5 Å². The molecule has 7 heteroatoms. The van der Waals surface area contributed by atoms with Gasteiger partial charge in [-0.1, -0.05) is 0 Å². The molecule has 1 aromatic rings. The van der Waals surface area contributed by atoms with Crippen LogP contribution in [-0.4, -0.2) is 46.3 Å². The SMILES string of the molecule is CCNc1nc(Cl)nc(N2CCCC(CCO)C2)n1. The van der Waals surface area contributed by atoms with E-state index in [9.17, 15) is 0 Å². The zero-order chi connectivity index (χ0) is 13.7. The molecule has 0 bridgehead atoms. The lowest BCUT2D eigenvalue weighted by molar-refractivity contribution is 0.244. The van der Waals surface area contributed by atoms with Gasteiger partial charge in [-0.3, -0.25) is 0 Å². The highest BCUT2D eigenvalue weighted by molar-refractivity contribution is 6.28. The number of aromatic nitrogens is 3. The van der Waals surface area contributed by atoms with E-state index < -0.39 is 0 Å².